The van der Waals surface area contributed by atoms with E-state index in [-0.39, 0.29) is 5.41 Å². The van der Waals surface area contributed by atoms with Crippen LogP contribution in [0.1, 0.15) is 25.0 Å². The summed E-state index contributed by atoms with van der Waals surface area (Å²) in [6.45, 7) is 14.9. The fraction of sp³-hybridized carbons (Fsp3) is 0.156. The van der Waals surface area contributed by atoms with Crippen molar-refractivity contribution in [2.45, 2.75) is 45.5 Å². The second-order valence-electron chi connectivity index (χ2n) is 15.7. The Bertz CT molecular complexity index is 2550. The molecule has 1 aliphatic carbocycles. The summed E-state index contributed by atoms with van der Waals surface area (Å²) in [4.78, 5) is 0. The van der Waals surface area contributed by atoms with Gasteiger partial charge >= 0.3 is 0 Å². The van der Waals surface area contributed by atoms with Gasteiger partial charge < -0.3 is 0 Å². The summed E-state index contributed by atoms with van der Waals surface area (Å²) in [7, 11) is -3.62. The molecule has 0 N–H and O–H groups in total. The molecule has 0 fully saturated rings. The van der Waals surface area contributed by atoms with Crippen molar-refractivity contribution in [3.63, 3.8) is 0 Å². The van der Waals surface area contributed by atoms with E-state index in [4.69, 9.17) is 0 Å². The van der Waals surface area contributed by atoms with Crippen molar-refractivity contribution in [3.05, 3.63) is 132 Å². The molecule has 0 atom stereocenters. The fourth-order valence-electron chi connectivity index (χ4n) is 9.71. The molecular formula is C45H38Si2. The van der Waals surface area contributed by atoms with Crippen LogP contribution in [0.4, 0.5) is 0 Å². The number of benzene rings is 7. The normalized spacial score (nSPS) is 16.8. The van der Waals surface area contributed by atoms with Crippen molar-refractivity contribution in [2.24, 2.45) is 0 Å². The van der Waals surface area contributed by atoms with Crippen molar-refractivity contribution in [1.82, 2.24) is 0 Å². The molecule has 0 unspecified atom stereocenters. The second kappa shape index (κ2) is 8.89. The first-order chi connectivity index (χ1) is 22.6. The van der Waals surface area contributed by atoms with Crippen molar-refractivity contribution in [1.29, 1.82) is 0 Å². The molecule has 2 aliphatic heterocycles. The highest BCUT2D eigenvalue weighted by molar-refractivity contribution is 7.05. The molecule has 0 bridgehead atoms. The topological polar surface area (TPSA) is 0 Å². The number of hydrogen-bond donors (Lipinski definition) is 0. The van der Waals surface area contributed by atoms with E-state index in [0.29, 0.717) is 0 Å². The number of fused-ring (bicyclic) bond motifs is 14. The summed E-state index contributed by atoms with van der Waals surface area (Å²) in [5, 5.41) is 11.9. The first-order valence-corrected chi connectivity index (χ1v) is 23.1. The molecule has 3 aliphatic rings. The molecule has 0 nitrogen and oxygen atoms in total. The smallest absolute Gasteiger partial charge is 0.0623 e. The molecule has 2 heteroatoms. The Balaban J connectivity index is 1.14. The average Bonchev–Trinajstić information content (AvgIpc) is 3.57. The maximum Gasteiger partial charge on any atom is 0.113 e. The van der Waals surface area contributed by atoms with Gasteiger partial charge in [-0.3, -0.25) is 0 Å². The highest BCUT2D eigenvalue weighted by Crippen LogP contribution is 2.52. The van der Waals surface area contributed by atoms with Crippen LogP contribution in [0.25, 0.3) is 66.1 Å². The van der Waals surface area contributed by atoms with Crippen molar-refractivity contribution >= 4 is 58.4 Å². The number of rotatable bonds is 1. The zero-order valence-electron chi connectivity index (χ0n) is 28.0. The third kappa shape index (κ3) is 3.37. The van der Waals surface area contributed by atoms with Gasteiger partial charge in [-0.2, -0.15) is 0 Å². The van der Waals surface area contributed by atoms with E-state index in [9.17, 15) is 0 Å². The van der Waals surface area contributed by atoms with Crippen LogP contribution >= 0.6 is 0 Å². The van der Waals surface area contributed by atoms with Gasteiger partial charge in [0.1, 0.15) is 16.1 Å². The monoisotopic (exact) mass is 634 g/mol. The first kappa shape index (κ1) is 27.6. The Kier molecular flexibility index (Phi) is 5.22. The van der Waals surface area contributed by atoms with Gasteiger partial charge in [0.25, 0.3) is 0 Å². The Morgan fingerprint density at radius 1 is 0.404 bits per heavy atom. The third-order valence-corrected chi connectivity index (χ3v) is 19.3. The van der Waals surface area contributed by atoms with E-state index in [2.05, 4.69) is 161 Å². The quantitative estimate of drug-likeness (QED) is 0.158. The minimum Gasteiger partial charge on any atom is -0.0623 e. The molecule has 0 amide bonds. The third-order valence-electron chi connectivity index (χ3n) is 12.3. The molecule has 0 saturated heterocycles. The van der Waals surface area contributed by atoms with Crippen LogP contribution in [0.5, 0.6) is 0 Å². The van der Waals surface area contributed by atoms with Crippen LogP contribution in [-0.2, 0) is 5.41 Å². The average molecular weight is 635 g/mol. The largest absolute Gasteiger partial charge is 0.113 e. The van der Waals surface area contributed by atoms with Gasteiger partial charge in [0.05, 0.1) is 0 Å². The Hall–Kier alpha value is -4.51. The maximum atomic E-state index is 2.56. The molecule has 0 aromatic heterocycles. The van der Waals surface area contributed by atoms with Crippen molar-refractivity contribution in [2.75, 3.05) is 0 Å². The van der Waals surface area contributed by atoms with Crippen LogP contribution in [-0.4, -0.2) is 16.1 Å². The molecule has 0 saturated carbocycles. The lowest BCUT2D eigenvalue weighted by atomic mass is 9.81. The lowest BCUT2D eigenvalue weighted by molar-refractivity contribution is 0.661. The minimum absolute atomic E-state index is 0.0408. The Labute approximate surface area is 279 Å². The van der Waals surface area contributed by atoms with Crippen molar-refractivity contribution < 1.29 is 0 Å². The van der Waals surface area contributed by atoms with Gasteiger partial charge in [-0.05, 0) is 104 Å². The summed E-state index contributed by atoms with van der Waals surface area (Å²) >= 11 is 0. The molecule has 7 aromatic carbocycles. The highest BCUT2D eigenvalue weighted by Gasteiger charge is 2.42. The van der Waals surface area contributed by atoms with Gasteiger partial charge in [0.15, 0.2) is 0 Å². The zero-order valence-corrected chi connectivity index (χ0v) is 30.0. The molecule has 7 aromatic rings. The summed E-state index contributed by atoms with van der Waals surface area (Å²) in [6, 6.07) is 47.3. The minimum atomic E-state index is -1.91. The fourth-order valence-corrected chi connectivity index (χ4v) is 15.9. The maximum absolute atomic E-state index is 2.56. The van der Waals surface area contributed by atoms with Crippen LogP contribution in [0.3, 0.4) is 0 Å². The summed E-state index contributed by atoms with van der Waals surface area (Å²) in [5.41, 5.74) is 14.2. The molecular weight excluding hydrogens is 597 g/mol. The molecule has 0 spiro atoms. The lowest BCUT2D eigenvalue weighted by Crippen LogP contribution is -2.49. The predicted molar refractivity (Wildman–Crippen MR) is 209 cm³/mol. The van der Waals surface area contributed by atoms with E-state index >= 15 is 0 Å². The zero-order chi connectivity index (χ0) is 32.0. The molecule has 10 rings (SSSR count). The summed E-state index contributed by atoms with van der Waals surface area (Å²) in [6.07, 6.45) is 0. The molecule has 47 heavy (non-hydrogen) atoms. The summed E-state index contributed by atoms with van der Waals surface area (Å²) in [5.74, 6) is 0. The van der Waals surface area contributed by atoms with Crippen LogP contribution in [0.2, 0.25) is 26.2 Å². The SMILES string of the molecule is CC1(C)c2cc(-c3ccc4c(c3)[Si](C)(C)c3ccc5c6c(ccc5c3-4)[Si](C)(C)c3ccccc3-6)ccc2-c2c1ccc1ccccc21. The lowest BCUT2D eigenvalue weighted by Gasteiger charge is -2.22. The van der Waals surface area contributed by atoms with E-state index in [1.54, 1.807) is 20.7 Å². The van der Waals surface area contributed by atoms with E-state index in [1.165, 1.54) is 77.2 Å². The van der Waals surface area contributed by atoms with Gasteiger partial charge in [0.2, 0.25) is 0 Å². The highest BCUT2D eigenvalue weighted by atomic mass is 28.3. The Morgan fingerprint density at radius 2 is 1.00 bits per heavy atom. The molecule has 2 heterocycles. The first-order valence-electron chi connectivity index (χ1n) is 17.1. The van der Waals surface area contributed by atoms with Gasteiger partial charge in [0, 0.05) is 5.41 Å². The van der Waals surface area contributed by atoms with Crippen molar-refractivity contribution in [3.8, 4) is 44.5 Å². The van der Waals surface area contributed by atoms with E-state index in [1.807, 2.05) is 0 Å². The van der Waals surface area contributed by atoms with E-state index < -0.39 is 16.1 Å². The molecule has 0 radical (unpaired) electrons. The Morgan fingerprint density at radius 3 is 1.74 bits per heavy atom. The summed E-state index contributed by atoms with van der Waals surface area (Å²) < 4.78 is 0. The van der Waals surface area contributed by atoms with Gasteiger partial charge in [-0.1, -0.05) is 155 Å². The van der Waals surface area contributed by atoms with Crippen LogP contribution in [0, 0.1) is 0 Å². The number of hydrogen-bond acceptors (Lipinski definition) is 0. The van der Waals surface area contributed by atoms with E-state index in [0.717, 1.165) is 0 Å². The molecule has 226 valence electrons. The standard InChI is InChI=1S/C45H38Si2/c1-45(2)36-22-17-27-11-7-8-12-30(27)42(36)33-18-15-28(25-37(33)45)29-16-19-35-41(26-29)47(5,6)40-24-21-31-32(44(35)40)20-23-39-43(31)34-13-9-10-14-38(34)46(39,3)4/h7-26H,1-6H3. The predicted octanol–water partition coefficient (Wildman–Crippen LogP) is 9.57. The van der Waals surface area contributed by atoms with Gasteiger partial charge in [-0.15, -0.1) is 0 Å². The van der Waals surface area contributed by atoms with Crippen LogP contribution < -0.4 is 20.7 Å². The van der Waals surface area contributed by atoms with Crippen LogP contribution in [0.15, 0.2) is 121 Å². The second-order valence-corrected chi connectivity index (χ2v) is 24.4. The van der Waals surface area contributed by atoms with Gasteiger partial charge in [-0.25, -0.2) is 0 Å².